The van der Waals surface area contributed by atoms with Crippen LogP contribution in [0, 0.1) is 0 Å². The molecular formula is C23H37N3O5Si. The summed E-state index contributed by atoms with van der Waals surface area (Å²) in [5.74, 6) is -0.456. The smallest absolute Gasteiger partial charge is 0.325 e. The van der Waals surface area contributed by atoms with Gasteiger partial charge in [-0.1, -0.05) is 26.8 Å². The van der Waals surface area contributed by atoms with Crippen molar-refractivity contribution in [1.29, 1.82) is 0 Å². The van der Waals surface area contributed by atoms with Crippen LogP contribution in [0.5, 0.6) is 0 Å². The molecule has 2 bridgehead atoms. The lowest BCUT2D eigenvalue weighted by molar-refractivity contribution is -0.141. The molecule has 3 atom stereocenters. The molecule has 0 aliphatic carbocycles. The van der Waals surface area contributed by atoms with Gasteiger partial charge in [-0.2, -0.15) is 0 Å². The molecule has 1 aromatic carbocycles. The summed E-state index contributed by atoms with van der Waals surface area (Å²) in [6, 6.07) is 5.92. The van der Waals surface area contributed by atoms with Gasteiger partial charge in [-0.05, 0) is 42.8 Å². The van der Waals surface area contributed by atoms with E-state index in [0.29, 0.717) is 19.8 Å². The predicted molar refractivity (Wildman–Crippen MR) is 126 cm³/mol. The Kier molecular flexibility index (Phi) is 7.52. The van der Waals surface area contributed by atoms with E-state index >= 15 is 0 Å². The normalized spacial score (nSPS) is 22.4. The molecule has 32 heavy (non-hydrogen) atoms. The molecule has 178 valence electrons. The van der Waals surface area contributed by atoms with E-state index in [1.807, 2.05) is 12.1 Å². The molecule has 9 heteroatoms. The van der Waals surface area contributed by atoms with Crippen LogP contribution in [0.15, 0.2) is 18.2 Å². The van der Waals surface area contributed by atoms with Gasteiger partial charge in [0.1, 0.15) is 6.54 Å². The number of benzene rings is 1. The van der Waals surface area contributed by atoms with Crippen molar-refractivity contribution in [2.75, 3.05) is 25.1 Å². The molecule has 8 nitrogen and oxygen atoms in total. The minimum atomic E-state index is -1.88. The van der Waals surface area contributed by atoms with E-state index in [-0.39, 0.29) is 29.8 Å². The van der Waals surface area contributed by atoms with Gasteiger partial charge in [-0.15, -0.1) is 0 Å². The molecule has 0 spiro atoms. The van der Waals surface area contributed by atoms with Gasteiger partial charge in [0.05, 0.1) is 31.5 Å². The van der Waals surface area contributed by atoms with E-state index < -0.39 is 20.3 Å². The van der Waals surface area contributed by atoms with E-state index in [1.54, 1.807) is 6.92 Å². The second-order valence-corrected chi connectivity index (χ2v) is 14.7. The number of hydrogen-bond acceptors (Lipinski definition) is 6. The van der Waals surface area contributed by atoms with E-state index in [2.05, 4.69) is 55.9 Å². The van der Waals surface area contributed by atoms with Crippen molar-refractivity contribution in [2.45, 2.75) is 77.0 Å². The third-order valence-electron chi connectivity index (χ3n) is 6.59. The van der Waals surface area contributed by atoms with Crippen LogP contribution in [-0.2, 0) is 25.2 Å². The number of carbonyl (C=O) groups excluding carboxylic acids is 2. The summed E-state index contributed by atoms with van der Waals surface area (Å²) in [6.07, 6.45) is 0.932. The first-order valence-corrected chi connectivity index (χ1v) is 14.3. The molecule has 1 saturated heterocycles. The predicted octanol–water partition coefficient (Wildman–Crippen LogP) is 3.69. The average molecular weight is 464 g/mol. The molecule has 0 aromatic heterocycles. The summed E-state index contributed by atoms with van der Waals surface area (Å²) in [5, 5.41) is 9.08. The van der Waals surface area contributed by atoms with Crippen LogP contribution in [0.4, 0.5) is 10.5 Å². The fourth-order valence-electron chi connectivity index (χ4n) is 3.75. The molecular weight excluding hydrogens is 426 g/mol. The summed E-state index contributed by atoms with van der Waals surface area (Å²) in [5.41, 5.74) is 3.14. The maximum absolute atomic E-state index is 11.9. The van der Waals surface area contributed by atoms with Crippen LogP contribution in [-0.4, -0.2) is 52.2 Å². The van der Waals surface area contributed by atoms with Gasteiger partial charge in [0.15, 0.2) is 8.32 Å². The van der Waals surface area contributed by atoms with E-state index in [9.17, 15) is 9.59 Å². The molecule has 2 heterocycles. The van der Waals surface area contributed by atoms with Gasteiger partial charge < -0.3 is 29.9 Å². The number of fused-ring (bicyclic) bond motifs is 4. The first-order valence-electron chi connectivity index (χ1n) is 11.4. The SMILES string of the molecule is CCOC(=O)CNC(=O)NCc1ccc2c(c1)[C@@H]1C[C@H](N2)[C@H](O[Si](C)(C)C(C)(C)C)CO1. The summed E-state index contributed by atoms with van der Waals surface area (Å²) in [6.45, 7) is 14.1. The van der Waals surface area contributed by atoms with E-state index in [0.717, 1.165) is 23.2 Å². The zero-order valence-electron chi connectivity index (χ0n) is 20.0. The second kappa shape index (κ2) is 9.80. The zero-order chi connectivity index (χ0) is 23.5. The molecule has 0 radical (unpaired) electrons. The molecule has 2 amide bonds. The Hall–Kier alpha value is -2.10. The highest BCUT2D eigenvalue weighted by Crippen LogP contribution is 2.43. The van der Waals surface area contributed by atoms with Crippen molar-refractivity contribution in [3.8, 4) is 0 Å². The highest BCUT2D eigenvalue weighted by atomic mass is 28.4. The fraction of sp³-hybridized carbons (Fsp3) is 0.652. The van der Waals surface area contributed by atoms with Crippen molar-refractivity contribution >= 4 is 26.0 Å². The number of carbonyl (C=O) groups is 2. The summed E-state index contributed by atoms with van der Waals surface area (Å²) < 4.78 is 17.7. The molecule has 0 saturated carbocycles. The molecule has 2 aliphatic rings. The van der Waals surface area contributed by atoms with Gasteiger partial charge in [0, 0.05) is 24.2 Å². The molecule has 1 aromatic rings. The molecule has 3 rings (SSSR count). The highest BCUT2D eigenvalue weighted by Gasteiger charge is 2.44. The Morgan fingerprint density at radius 1 is 1.25 bits per heavy atom. The first-order chi connectivity index (χ1) is 15.0. The topological polar surface area (TPSA) is 97.9 Å². The largest absolute Gasteiger partial charge is 0.465 e. The van der Waals surface area contributed by atoms with Crippen LogP contribution in [0.2, 0.25) is 18.1 Å². The Morgan fingerprint density at radius 2 is 2.00 bits per heavy atom. The monoisotopic (exact) mass is 463 g/mol. The fourth-order valence-corrected chi connectivity index (χ4v) is 5.09. The summed E-state index contributed by atoms with van der Waals surface area (Å²) in [4.78, 5) is 23.3. The summed E-state index contributed by atoms with van der Waals surface area (Å²) >= 11 is 0. The zero-order valence-corrected chi connectivity index (χ0v) is 21.0. The minimum absolute atomic E-state index is 0.0214. The van der Waals surface area contributed by atoms with Gasteiger partial charge >= 0.3 is 12.0 Å². The van der Waals surface area contributed by atoms with Crippen molar-refractivity contribution in [1.82, 2.24) is 10.6 Å². The minimum Gasteiger partial charge on any atom is -0.465 e. The number of nitrogens with one attached hydrogen (secondary N) is 3. The van der Waals surface area contributed by atoms with Gasteiger partial charge in [-0.25, -0.2) is 4.79 Å². The third kappa shape index (κ3) is 5.82. The Morgan fingerprint density at radius 3 is 2.69 bits per heavy atom. The van der Waals surface area contributed by atoms with Crippen molar-refractivity contribution in [3.05, 3.63) is 29.3 Å². The van der Waals surface area contributed by atoms with Crippen LogP contribution in [0.3, 0.4) is 0 Å². The molecule has 1 fully saturated rings. The number of ether oxygens (including phenoxy) is 2. The van der Waals surface area contributed by atoms with Crippen molar-refractivity contribution in [2.24, 2.45) is 0 Å². The van der Waals surface area contributed by atoms with Crippen molar-refractivity contribution < 1.29 is 23.5 Å². The van der Waals surface area contributed by atoms with Gasteiger partial charge in [0.25, 0.3) is 0 Å². The number of esters is 1. The Balaban J connectivity index is 1.58. The van der Waals surface area contributed by atoms with Crippen LogP contribution < -0.4 is 16.0 Å². The maximum Gasteiger partial charge on any atom is 0.325 e. The van der Waals surface area contributed by atoms with Gasteiger partial charge in [-0.3, -0.25) is 4.79 Å². The van der Waals surface area contributed by atoms with E-state index in [1.165, 1.54) is 0 Å². The average Bonchev–Trinajstić information content (AvgIpc) is 2.72. The molecule has 0 unspecified atom stereocenters. The molecule has 2 aliphatic heterocycles. The number of hydrogen-bond donors (Lipinski definition) is 3. The number of anilines is 1. The Bertz CT molecular complexity index is 839. The third-order valence-corrected chi connectivity index (χ3v) is 11.1. The highest BCUT2D eigenvalue weighted by molar-refractivity contribution is 6.74. The lowest BCUT2D eigenvalue weighted by atomic mass is 9.89. The van der Waals surface area contributed by atoms with Gasteiger partial charge in [0.2, 0.25) is 0 Å². The standard InChI is InChI=1S/C23H37N3O5Si/c1-7-29-21(27)13-25-22(28)24-12-15-8-9-17-16(10-15)19-11-18(26-17)20(14-30-19)31-32(5,6)23(2,3)4/h8-10,18-20,26H,7,11-14H2,1-6H3,(H2,24,25,28)/t18-,19-,20+/m0/s1. The van der Waals surface area contributed by atoms with Crippen LogP contribution >= 0.6 is 0 Å². The maximum atomic E-state index is 11.9. The van der Waals surface area contributed by atoms with Crippen LogP contribution in [0.1, 0.15) is 51.3 Å². The number of rotatable bonds is 7. The lowest BCUT2D eigenvalue weighted by Gasteiger charge is -2.47. The lowest BCUT2D eigenvalue weighted by Crippen LogP contribution is -2.54. The molecule has 3 N–H and O–H groups in total. The number of amides is 2. The Labute approximate surface area is 191 Å². The second-order valence-electron chi connectivity index (χ2n) is 9.99. The number of urea groups is 1. The van der Waals surface area contributed by atoms with E-state index in [4.69, 9.17) is 13.9 Å². The van der Waals surface area contributed by atoms with Crippen molar-refractivity contribution in [3.63, 3.8) is 0 Å². The van der Waals surface area contributed by atoms with Crippen LogP contribution in [0.25, 0.3) is 0 Å². The first kappa shape index (κ1) is 24.5. The quantitative estimate of drug-likeness (QED) is 0.421. The summed E-state index contributed by atoms with van der Waals surface area (Å²) in [7, 11) is -1.88.